The third-order valence-corrected chi connectivity index (χ3v) is 5.50. The van der Waals surface area contributed by atoms with E-state index in [0.29, 0.717) is 23.1 Å². The lowest BCUT2D eigenvalue weighted by atomic mass is 9.99. The van der Waals surface area contributed by atoms with Gasteiger partial charge in [-0.15, -0.1) is 5.10 Å². The molecular formula is C21H27FN6O. The van der Waals surface area contributed by atoms with E-state index in [-0.39, 0.29) is 25.0 Å². The topological polar surface area (TPSA) is 80.0 Å². The minimum absolute atomic E-state index is 0.150. The number of benzene rings is 1. The summed E-state index contributed by atoms with van der Waals surface area (Å²) in [5.74, 6) is 1.27. The van der Waals surface area contributed by atoms with Crippen molar-refractivity contribution in [2.45, 2.75) is 58.0 Å². The average molecular weight is 398 g/mol. The Labute approximate surface area is 169 Å². The van der Waals surface area contributed by atoms with Crippen LogP contribution in [0.5, 0.6) is 0 Å². The van der Waals surface area contributed by atoms with E-state index in [2.05, 4.69) is 22.1 Å². The first-order valence-corrected chi connectivity index (χ1v) is 10.4. The average Bonchev–Trinajstić information content (AvgIpc) is 3.13. The second-order valence-corrected chi connectivity index (χ2v) is 7.58. The van der Waals surface area contributed by atoms with Crippen LogP contribution in [0.15, 0.2) is 24.3 Å². The van der Waals surface area contributed by atoms with Crippen LogP contribution in [0.4, 0.5) is 10.2 Å². The lowest BCUT2D eigenvalue weighted by molar-refractivity contribution is 0.262. The van der Waals surface area contributed by atoms with Gasteiger partial charge in [0.05, 0.1) is 6.54 Å². The van der Waals surface area contributed by atoms with Crippen molar-refractivity contribution in [1.29, 1.82) is 0 Å². The van der Waals surface area contributed by atoms with Crippen molar-refractivity contribution in [1.82, 2.24) is 25.0 Å². The van der Waals surface area contributed by atoms with Crippen LogP contribution in [0.2, 0.25) is 0 Å². The van der Waals surface area contributed by atoms with Crippen molar-refractivity contribution in [3.05, 3.63) is 41.5 Å². The predicted octanol–water partition coefficient (Wildman–Crippen LogP) is 3.10. The first-order chi connectivity index (χ1) is 14.2. The van der Waals surface area contributed by atoms with E-state index in [1.165, 1.54) is 6.07 Å². The standard InChI is InChI=1S/C21H27FN6O/c1-2-7-18-23-20(27-12-6-5-9-16(27)11-13-29)19-21(24-18)28(26-25-19)14-15-8-3-4-10-17(15)22/h3-4,8,10,16,29H,2,5-7,9,11-14H2,1H3. The molecule has 1 N–H and O–H groups in total. The molecule has 0 bridgehead atoms. The maximum Gasteiger partial charge on any atom is 0.184 e. The Bertz CT molecular complexity index is 973. The van der Waals surface area contributed by atoms with Gasteiger partial charge in [0.25, 0.3) is 0 Å². The number of hydrogen-bond donors (Lipinski definition) is 1. The summed E-state index contributed by atoms with van der Waals surface area (Å²) in [6, 6.07) is 6.92. The van der Waals surface area contributed by atoms with Gasteiger partial charge in [-0.05, 0) is 38.2 Å². The number of aliphatic hydroxyl groups is 1. The van der Waals surface area contributed by atoms with Crippen LogP contribution in [0, 0.1) is 5.82 Å². The highest BCUT2D eigenvalue weighted by molar-refractivity contribution is 5.83. The highest BCUT2D eigenvalue weighted by Crippen LogP contribution is 2.30. The summed E-state index contributed by atoms with van der Waals surface area (Å²) in [7, 11) is 0. The number of hydrogen-bond acceptors (Lipinski definition) is 6. The van der Waals surface area contributed by atoms with Gasteiger partial charge >= 0.3 is 0 Å². The molecule has 3 heterocycles. The third kappa shape index (κ3) is 4.07. The largest absolute Gasteiger partial charge is 0.396 e. The van der Waals surface area contributed by atoms with E-state index >= 15 is 0 Å². The van der Waals surface area contributed by atoms with Crippen LogP contribution in [0.3, 0.4) is 0 Å². The van der Waals surface area contributed by atoms with Crippen LogP contribution >= 0.6 is 0 Å². The fraction of sp³-hybridized carbons (Fsp3) is 0.524. The fourth-order valence-corrected chi connectivity index (χ4v) is 4.04. The molecule has 0 aliphatic carbocycles. The first-order valence-electron chi connectivity index (χ1n) is 10.4. The predicted molar refractivity (Wildman–Crippen MR) is 109 cm³/mol. The zero-order valence-electron chi connectivity index (χ0n) is 16.8. The highest BCUT2D eigenvalue weighted by Gasteiger charge is 2.27. The molecular weight excluding hydrogens is 371 g/mol. The zero-order valence-corrected chi connectivity index (χ0v) is 16.8. The Morgan fingerprint density at radius 2 is 2.07 bits per heavy atom. The molecule has 0 amide bonds. The SMILES string of the molecule is CCCc1nc(N2CCCCC2CCO)c2nnn(Cc3ccccc3F)c2n1. The van der Waals surface area contributed by atoms with Crippen LogP contribution < -0.4 is 4.90 Å². The van der Waals surface area contributed by atoms with Crippen LogP contribution in [-0.4, -0.2) is 49.3 Å². The molecule has 154 valence electrons. The molecule has 1 aromatic carbocycles. The summed E-state index contributed by atoms with van der Waals surface area (Å²) in [5.41, 5.74) is 1.83. The second kappa shape index (κ2) is 8.82. The van der Waals surface area contributed by atoms with Crippen molar-refractivity contribution in [3.8, 4) is 0 Å². The Morgan fingerprint density at radius 1 is 1.21 bits per heavy atom. The molecule has 1 aliphatic heterocycles. The third-order valence-electron chi connectivity index (χ3n) is 5.50. The van der Waals surface area contributed by atoms with Gasteiger partial charge in [0.15, 0.2) is 17.0 Å². The summed E-state index contributed by atoms with van der Waals surface area (Å²) in [4.78, 5) is 11.8. The molecule has 0 spiro atoms. The number of halogens is 1. The number of piperidine rings is 1. The molecule has 1 fully saturated rings. The first kappa shape index (κ1) is 19.7. The molecule has 2 aromatic heterocycles. The number of aromatic nitrogens is 5. The summed E-state index contributed by atoms with van der Waals surface area (Å²) in [6.07, 6.45) is 5.65. The lowest BCUT2D eigenvalue weighted by Crippen LogP contribution is -2.41. The second-order valence-electron chi connectivity index (χ2n) is 7.58. The Kier molecular flexibility index (Phi) is 5.99. The van der Waals surface area contributed by atoms with Gasteiger partial charge in [-0.2, -0.15) is 0 Å². The van der Waals surface area contributed by atoms with Crippen molar-refractivity contribution >= 4 is 17.0 Å². The molecule has 7 nitrogen and oxygen atoms in total. The molecule has 1 saturated heterocycles. The number of nitrogens with zero attached hydrogens (tertiary/aromatic N) is 6. The van der Waals surface area contributed by atoms with Gasteiger partial charge in [0, 0.05) is 31.2 Å². The van der Waals surface area contributed by atoms with Crippen molar-refractivity contribution in [3.63, 3.8) is 0 Å². The van der Waals surface area contributed by atoms with Gasteiger partial charge < -0.3 is 10.0 Å². The molecule has 0 radical (unpaired) electrons. The van der Waals surface area contributed by atoms with Crippen LogP contribution in [0.25, 0.3) is 11.2 Å². The number of fused-ring (bicyclic) bond motifs is 1. The number of aliphatic hydroxyl groups excluding tert-OH is 1. The quantitative estimate of drug-likeness (QED) is 0.659. The van der Waals surface area contributed by atoms with Crippen molar-refractivity contribution in [2.24, 2.45) is 0 Å². The molecule has 4 rings (SSSR count). The smallest absolute Gasteiger partial charge is 0.184 e. The molecule has 1 atom stereocenters. The molecule has 29 heavy (non-hydrogen) atoms. The Hall–Kier alpha value is -2.61. The number of anilines is 1. The summed E-state index contributed by atoms with van der Waals surface area (Å²) < 4.78 is 15.8. The molecule has 1 aliphatic rings. The van der Waals surface area contributed by atoms with Gasteiger partial charge in [-0.3, -0.25) is 0 Å². The lowest BCUT2D eigenvalue weighted by Gasteiger charge is -2.36. The maximum atomic E-state index is 14.2. The molecule has 1 unspecified atom stereocenters. The van der Waals surface area contributed by atoms with E-state index in [9.17, 15) is 9.50 Å². The van der Waals surface area contributed by atoms with Crippen molar-refractivity contribution < 1.29 is 9.50 Å². The summed E-state index contributed by atoms with van der Waals surface area (Å²) in [5, 5.41) is 18.2. The highest BCUT2D eigenvalue weighted by atomic mass is 19.1. The normalized spacial score (nSPS) is 17.2. The Morgan fingerprint density at radius 3 is 2.86 bits per heavy atom. The number of aryl methyl sites for hydroxylation is 1. The molecule has 3 aromatic rings. The molecule has 8 heteroatoms. The minimum atomic E-state index is -0.266. The van der Waals surface area contributed by atoms with Gasteiger partial charge in [0.2, 0.25) is 0 Å². The zero-order chi connectivity index (χ0) is 20.2. The van der Waals surface area contributed by atoms with Gasteiger partial charge in [-0.25, -0.2) is 19.0 Å². The Balaban J connectivity index is 1.78. The van der Waals surface area contributed by atoms with E-state index in [4.69, 9.17) is 9.97 Å². The van der Waals surface area contributed by atoms with Crippen molar-refractivity contribution in [2.75, 3.05) is 18.1 Å². The minimum Gasteiger partial charge on any atom is -0.396 e. The summed E-state index contributed by atoms with van der Waals surface area (Å²) >= 11 is 0. The van der Waals surface area contributed by atoms with E-state index in [1.54, 1.807) is 16.8 Å². The van der Waals surface area contributed by atoms with Gasteiger partial charge in [-0.1, -0.05) is 30.3 Å². The van der Waals surface area contributed by atoms with Crippen LogP contribution in [-0.2, 0) is 13.0 Å². The van der Waals surface area contributed by atoms with Gasteiger partial charge in [0.1, 0.15) is 11.6 Å². The monoisotopic (exact) mass is 398 g/mol. The number of rotatable bonds is 7. The summed E-state index contributed by atoms with van der Waals surface area (Å²) in [6.45, 7) is 3.39. The fourth-order valence-electron chi connectivity index (χ4n) is 4.04. The maximum absolute atomic E-state index is 14.2. The van der Waals surface area contributed by atoms with E-state index in [1.807, 2.05) is 6.07 Å². The van der Waals surface area contributed by atoms with E-state index in [0.717, 1.165) is 50.3 Å². The van der Waals surface area contributed by atoms with Crippen LogP contribution in [0.1, 0.15) is 50.4 Å². The van der Waals surface area contributed by atoms with E-state index < -0.39 is 0 Å². The molecule has 0 saturated carbocycles.